The summed E-state index contributed by atoms with van der Waals surface area (Å²) in [6.45, 7) is 4.89. The van der Waals surface area contributed by atoms with Crippen molar-refractivity contribution in [2.45, 2.75) is 63.5 Å². The predicted octanol–water partition coefficient (Wildman–Crippen LogP) is 5.14. The molecule has 0 aliphatic carbocycles. The number of rotatable bonds is 2. The molecule has 2 aliphatic heterocycles. The van der Waals surface area contributed by atoms with Crippen molar-refractivity contribution in [3.05, 3.63) is 35.9 Å². The van der Waals surface area contributed by atoms with E-state index in [4.69, 9.17) is 4.74 Å². The molecular formula is C25H25F5N6O3. The van der Waals surface area contributed by atoms with Crippen molar-refractivity contribution >= 4 is 28.7 Å². The Morgan fingerprint density at radius 1 is 1.15 bits per heavy atom. The third kappa shape index (κ3) is 5.11. The zero-order chi connectivity index (χ0) is 28.3. The van der Waals surface area contributed by atoms with Crippen molar-refractivity contribution in [1.82, 2.24) is 24.6 Å². The van der Waals surface area contributed by atoms with Gasteiger partial charge >= 0.3 is 12.3 Å². The van der Waals surface area contributed by atoms with Crippen LogP contribution in [0.4, 0.5) is 32.6 Å². The average molecular weight is 553 g/mol. The van der Waals surface area contributed by atoms with Gasteiger partial charge in [-0.1, -0.05) is 0 Å². The molecule has 1 aromatic carbocycles. The number of piperidine rings is 1. The number of anilines is 1. The molecule has 1 unspecified atom stereocenters. The van der Waals surface area contributed by atoms with Crippen molar-refractivity contribution in [3.8, 4) is 11.4 Å². The molecule has 0 spiro atoms. The van der Waals surface area contributed by atoms with E-state index in [1.165, 1.54) is 15.6 Å². The van der Waals surface area contributed by atoms with Crippen molar-refractivity contribution in [2.24, 2.45) is 0 Å². The minimum atomic E-state index is -4.78. The predicted molar refractivity (Wildman–Crippen MR) is 129 cm³/mol. The van der Waals surface area contributed by atoms with Crippen LogP contribution in [-0.2, 0) is 9.53 Å². The van der Waals surface area contributed by atoms with Crippen molar-refractivity contribution in [2.75, 3.05) is 18.4 Å². The molecule has 0 radical (unpaired) electrons. The topological polar surface area (TPSA) is 102 Å². The second kappa shape index (κ2) is 9.42. The number of carbonyl (C=O) groups is 2. The number of likely N-dealkylation sites (tertiary alicyclic amines) is 1. The van der Waals surface area contributed by atoms with E-state index in [1.54, 1.807) is 20.8 Å². The molecule has 2 amide bonds. The lowest BCUT2D eigenvalue weighted by Crippen LogP contribution is -2.47. The van der Waals surface area contributed by atoms with Gasteiger partial charge in [0, 0.05) is 23.9 Å². The molecule has 4 heterocycles. The molecule has 3 aromatic rings. The lowest BCUT2D eigenvalue weighted by Gasteiger charge is -2.35. The summed E-state index contributed by atoms with van der Waals surface area (Å²) >= 11 is 0. The highest BCUT2D eigenvalue weighted by Gasteiger charge is 2.48. The minimum Gasteiger partial charge on any atom is -0.444 e. The van der Waals surface area contributed by atoms with Gasteiger partial charge in [0.15, 0.2) is 0 Å². The van der Waals surface area contributed by atoms with Gasteiger partial charge in [-0.25, -0.2) is 23.5 Å². The Labute approximate surface area is 219 Å². The summed E-state index contributed by atoms with van der Waals surface area (Å²) in [6.07, 6.45) is -6.86. The number of halogens is 5. The van der Waals surface area contributed by atoms with Gasteiger partial charge in [-0.2, -0.15) is 18.3 Å². The SMILES string of the molecule is CC(C)(C)OC(=O)N1CC[C@H](n2nc(-c3ncnc4c3C(C(F)(F)F)CC(=O)N4)c3ccc(F)cc32)[C@H](F)C1. The summed E-state index contributed by atoms with van der Waals surface area (Å²) < 4.78 is 78.4. The quantitative estimate of drug-likeness (QED) is 0.442. The number of hydrogen-bond donors (Lipinski definition) is 1. The second-order valence-electron chi connectivity index (χ2n) is 10.6. The molecule has 208 valence electrons. The second-order valence-corrected chi connectivity index (χ2v) is 10.6. The van der Waals surface area contributed by atoms with Crippen LogP contribution in [0, 0.1) is 5.82 Å². The molecule has 9 nitrogen and oxygen atoms in total. The van der Waals surface area contributed by atoms with E-state index >= 15 is 4.39 Å². The molecule has 1 fully saturated rings. The first-order valence-corrected chi connectivity index (χ1v) is 12.2. The van der Waals surface area contributed by atoms with E-state index in [2.05, 4.69) is 20.4 Å². The highest BCUT2D eigenvalue weighted by atomic mass is 19.4. The molecule has 39 heavy (non-hydrogen) atoms. The molecule has 2 aromatic heterocycles. The van der Waals surface area contributed by atoms with E-state index in [0.717, 1.165) is 18.5 Å². The number of ether oxygens (including phenoxy) is 1. The van der Waals surface area contributed by atoms with Crippen LogP contribution in [-0.4, -0.2) is 67.7 Å². The van der Waals surface area contributed by atoms with E-state index in [-0.39, 0.29) is 53.2 Å². The summed E-state index contributed by atoms with van der Waals surface area (Å²) in [5, 5.41) is 7.04. The smallest absolute Gasteiger partial charge is 0.410 e. The fourth-order valence-corrected chi connectivity index (χ4v) is 4.96. The lowest BCUT2D eigenvalue weighted by atomic mass is 9.89. The molecule has 0 saturated carbocycles. The monoisotopic (exact) mass is 552 g/mol. The number of hydrogen-bond acceptors (Lipinski definition) is 6. The van der Waals surface area contributed by atoms with Gasteiger partial charge in [0.1, 0.15) is 41.1 Å². The number of nitrogens with one attached hydrogen (secondary N) is 1. The van der Waals surface area contributed by atoms with Crippen LogP contribution in [0.5, 0.6) is 0 Å². The minimum absolute atomic E-state index is 0.0316. The molecule has 14 heteroatoms. The standard InChI is InChI=1S/C25H25F5N6O3/c1-24(2,3)39-23(38)35-7-6-16(15(27)10-35)36-17-8-12(26)4-5-13(17)20(34-36)21-19-14(25(28,29)30)9-18(37)33-22(19)32-11-31-21/h4-5,8,11,14-16H,6-7,9-10H2,1-3H3,(H,31,32,33,37)/t14?,15-,16+/m1/s1. The molecule has 2 aliphatic rings. The first-order valence-electron chi connectivity index (χ1n) is 12.2. The lowest BCUT2D eigenvalue weighted by molar-refractivity contribution is -0.156. The number of aromatic nitrogens is 4. The van der Waals surface area contributed by atoms with Gasteiger partial charge in [-0.3, -0.25) is 9.48 Å². The maximum Gasteiger partial charge on any atom is 0.410 e. The van der Waals surface area contributed by atoms with Gasteiger partial charge < -0.3 is 15.0 Å². The van der Waals surface area contributed by atoms with Crippen LogP contribution in [0.25, 0.3) is 22.3 Å². The molecule has 3 atom stereocenters. The fraction of sp³-hybridized carbons (Fsp3) is 0.480. The third-order valence-corrected chi connectivity index (χ3v) is 6.64. The Balaban J connectivity index is 1.58. The van der Waals surface area contributed by atoms with Crippen molar-refractivity contribution < 1.29 is 36.3 Å². The summed E-state index contributed by atoms with van der Waals surface area (Å²) in [6, 6.07) is 2.63. The summed E-state index contributed by atoms with van der Waals surface area (Å²) in [5.74, 6) is -3.98. The zero-order valence-corrected chi connectivity index (χ0v) is 21.2. The Bertz CT molecular complexity index is 1450. The highest BCUT2D eigenvalue weighted by Crippen LogP contribution is 2.47. The van der Waals surface area contributed by atoms with Gasteiger partial charge in [-0.15, -0.1) is 0 Å². The number of alkyl halides is 4. The van der Waals surface area contributed by atoms with E-state index in [1.807, 2.05) is 0 Å². The Kier molecular flexibility index (Phi) is 6.46. The molecule has 0 bridgehead atoms. The highest BCUT2D eigenvalue weighted by molar-refractivity contribution is 5.98. The number of fused-ring (bicyclic) bond motifs is 2. The zero-order valence-electron chi connectivity index (χ0n) is 21.2. The molecular weight excluding hydrogens is 527 g/mol. The van der Waals surface area contributed by atoms with E-state index in [9.17, 15) is 27.2 Å². The Morgan fingerprint density at radius 2 is 1.90 bits per heavy atom. The van der Waals surface area contributed by atoms with Gasteiger partial charge in [0.2, 0.25) is 5.91 Å². The number of amides is 2. The normalized spacial score (nSPS) is 22.0. The first-order chi connectivity index (χ1) is 18.2. The summed E-state index contributed by atoms with van der Waals surface area (Å²) in [4.78, 5) is 33.5. The Morgan fingerprint density at radius 3 is 2.56 bits per heavy atom. The van der Waals surface area contributed by atoms with Gasteiger partial charge in [0.05, 0.1) is 24.0 Å². The number of carbonyl (C=O) groups excluding carboxylic acids is 2. The van der Waals surface area contributed by atoms with E-state index < -0.39 is 54.1 Å². The molecule has 5 rings (SSSR count). The van der Waals surface area contributed by atoms with Crippen LogP contribution in [0.3, 0.4) is 0 Å². The first kappa shape index (κ1) is 26.8. The maximum absolute atomic E-state index is 15.5. The van der Waals surface area contributed by atoms with Gasteiger partial charge in [0.25, 0.3) is 0 Å². The van der Waals surface area contributed by atoms with E-state index in [0.29, 0.717) is 0 Å². The number of benzene rings is 1. The van der Waals surface area contributed by atoms with Crippen LogP contribution in [0.2, 0.25) is 0 Å². The van der Waals surface area contributed by atoms with Crippen LogP contribution >= 0.6 is 0 Å². The summed E-state index contributed by atoms with van der Waals surface area (Å²) in [5.41, 5.74) is -1.21. The summed E-state index contributed by atoms with van der Waals surface area (Å²) in [7, 11) is 0. The third-order valence-electron chi connectivity index (χ3n) is 6.64. The van der Waals surface area contributed by atoms with Gasteiger partial charge in [-0.05, 0) is 45.4 Å². The van der Waals surface area contributed by atoms with Crippen molar-refractivity contribution in [1.29, 1.82) is 0 Å². The average Bonchev–Trinajstić information content (AvgIpc) is 3.19. The van der Waals surface area contributed by atoms with Crippen LogP contribution < -0.4 is 5.32 Å². The number of nitrogens with zero attached hydrogens (tertiary/aromatic N) is 5. The van der Waals surface area contributed by atoms with Crippen LogP contribution in [0.1, 0.15) is 51.1 Å². The van der Waals surface area contributed by atoms with Crippen molar-refractivity contribution in [3.63, 3.8) is 0 Å². The molecule has 1 N–H and O–H groups in total. The fourth-order valence-electron chi connectivity index (χ4n) is 4.96. The van der Waals surface area contributed by atoms with Crippen LogP contribution in [0.15, 0.2) is 24.5 Å². The maximum atomic E-state index is 15.5. The Hall–Kier alpha value is -3.84. The molecule has 1 saturated heterocycles. The largest absolute Gasteiger partial charge is 0.444 e.